The maximum atomic E-state index is 12.7. The molecule has 1 N–H and O–H groups in total. The second-order valence-electron chi connectivity index (χ2n) is 6.42. The van der Waals surface area contributed by atoms with Crippen LogP contribution in [-0.2, 0) is 16.3 Å². The van der Waals surface area contributed by atoms with Crippen LogP contribution in [0.25, 0.3) is 0 Å². The Morgan fingerprint density at radius 1 is 1.29 bits per heavy atom. The monoisotopic (exact) mass is 309 g/mol. The van der Waals surface area contributed by atoms with Crippen molar-refractivity contribution in [1.29, 1.82) is 0 Å². The van der Waals surface area contributed by atoms with Crippen LogP contribution in [0.5, 0.6) is 0 Å². The van der Waals surface area contributed by atoms with Crippen LogP contribution in [0.15, 0.2) is 24.3 Å². The van der Waals surface area contributed by atoms with Gasteiger partial charge in [0.25, 0.3) is 0 Å². The fourth-order valence-electron chi connectivity index (χ4n) is 2.99. The molecule has 0 saturated carbocycles. The predicted octanol–water partition coefficient (Wildman–Crippen LogP) is 3.11. The van der Waals surface area contributed by atoms with Crippen molar-refractivity contribution in [3.63, 3.8) is 0 Å². The van der Waals surface area contributed by atoms with Crippen LogP contribution in [-0.4, -0.2) is 26.0 Å². The van der Waals surface area contributed by atoms with E-state index in [1.165, 1.54) is 11.1 Å². The zero-order chi connectivity index (χ0) is 15.5. The molecule has 0 bridgehead atoms. The molecule has 1 aliphatic carbocycles. The predicted molar refractivity (Wildman–Crippen MR) is 88.2 cm³/mol. The van der Waals surface area contributed by atoms with Gasteiger partial charge in [0, 0.05) is 6.04 Å². The van der Waals surface area contributed by atoms with Crippen LogP contribution >= 0.6 is 0 Å². The summed E-state index contributed by atoms with van der Waals surface area (Å²) in [5.41, 5.74) is 2.35. The Hall–Kier alpha value is -0.870. The normalized spacial score (nSPS) is 21.7. The molecule has 0 aliphatic heterocycles. The zero-order valence-electron chi connectivity index (χ0n) is 13.3. The molecular formula is C17H27NO2S. The maximum Gasteiger partial charge on any atom is 0.155 e. The van der Waals surface area contributed by atoms with E-state index in [1.807, 2.05) is 12.1 Å². The van der Waals surface area contributed by atoms with Crippen molar-refractivity contribution in [2.24, 2.45) is 5.92 Å². The number of nitrogens with one attached hydrogen (secondary N) is 1. The first kappa shape index (κ1) is 16.5. The summed E-state index contributed by atoms with van der Waals surface area (Å²) < 4.78 is 25.5. The van der Waals surface area contributed by atoms with Gasteiger partial charge in [-0.2, -0.15) is 0 Å². The Bertz CT molecular complexity index is 566. The van der Waals surface area contributed by atoms with Crippen molar-refractivity contribution in [3.8, 4) is 0 Å². The van der Waals surface area contributed by atoms with Crippen LogP contribution in [0.4, 0.5) is 0 Å². The molecule has 0 radical (unpaired) electrons. The zero-order valence-corrected chi connectivity index (χ0v) is 14.1. The van der Waals surface area contributed by atoms with Crippen LogP contribution in [0.3, 0.4) is 0 Å². The average molecular weight is 309 g/mol. The van der Waals surface area contributed by atoms with Crippen molar-refractivity contribution in [2.45, 2.75) is 51.3 Å². The molecule has 0 spiro atoms. The first-order valence-electron chi connectivity index (χ1n) is 7.98. The molecule has 0 saturated heterocycles. The van der Waals surface area contributed by atoms with E-state index in [0.717, 1.165) is 19.4 Å². The minimum Gasteiger partial charge on any atom is -0.309 e. The van der Waals surface area contributed by atoms with Gasteiger partial charge in [-0.1, -0.05) is 45.0 Å². The highest BCUT2D eigenvalue weighted by molar-refractivity contribution is 7.92. The van der Waals surface area contributed by atoms with Crippen LogP contribution in [0, 0.1) is 5.92 Å². The molecule has 21 heavy (non-hydrogen) atoms. The fraction of sp³-hybridized carbons (Fsp3) is 0.647. The highest BCUT2D eigenvalue weighted by Crippen LogP contribution is 2.36. The lowest BCUT2D eigenvalue weighted by Gasteiger charge is -2.22. The third-order valence-corrected chi connectivity index (χ3v) is 6.40. The van der Waals surface area contributed by atoms with E-state index in [9.17, 15) is 8.42 Å². The summed E-state index contributed by atoms with van der Waals surface area (Å²) >= 11 is 0. The van der Waals surface area contributed by atoms with E-state index in [0.29, 0.717) is 18.1 Å². The Labute approximate surface area is 129 Å². The van der Waals surface area contributed by atoms with Gasteiger partial charge >= 0.3 is 0 Å². The summed E-state index contributed by atoms with van der Waals surface area (Å²) in [4.78, 5) is 0. The third-order valence-electron chi connectivity index (χ3n) is 4.24. The molecule has 1 aliphatic rings. The molecule has 2 unspecified atom stereocenters. The first-order valence-corrected chi connectivity index (χ1v) is 9.70. The minimum absolute atomic E-state index is 0.0432. The summed E-state index contributed by atoms with van der Waals surface area (Å²) in [6, 6.07) is 8.09. The van der Waals surface area contributed by atoms with E-state index in [4.69, 9.17) is 0 Å². The minimum atomic E-state index is -3.06. The summed E-state index contributed by atoms with van der Waals surface area (Å²) in [5.74, 6) is 0.721. The van der Waals surface area contributed by atoms with Gasteiger partial charge in [-0.05, 0) is 42.9 Å². The molecule has 3 nitrogen and oxygen atoms in total. The summed E-state index contributed by atoms with van der Waals surface area (Å²) in [5, 5.41) is 3.15. The quantitative estimate of drug-likeness (QED) is 0.842. The molecule has 0 heterocycles. The molecule has 118 valence electrons. The van der Waals surface area contributed by atoms with E-state index >= 15 is 0 Å². The van der Waals surface area contributed by atoms with Gasteiger partial charge in [0.1, 0.15) is 0 Å². The average Bonchev–Trinajstić information content (AvgIpc) is 2.82. The van der Waals surface area contributed by atoms with Gasteiger partial charge in [-0.15, -0.1) is 0 Å². The number of hydrogen-bond donors (Lipinski definition) is 1. The topological polar surface area (TPSA) is 46.2 Å². The van der Waals surface area contributed by atoms with E-state index < -0.39 is 9.84 Å². The SMILES string of the molecule is CCCNC1c2ccccc2CC1S(=O)(=O)CCC(C)C. The summed E-state index contributed by atoms with van der Waals surface area (Å²) in [7, 11) is -3.06. The largest absolute Gasteiger partial charge is 0.309 e. The number of benzene rings is 1. The fourth-order valence-corrected chi connectivity index (χ4v) is 5.18. The van der Waals surface area contributed by atoms with E-state index in [2.05, 4.69) is 38.2 Å². The van der Waals surface area contributed by atoms with Crippen LogP contribution in [0.2, 0.25) is 0 Å². The van der Waals surface area contributed by atoms with Gasteiger partial charge in [0.2, 0.25) is 0 Å². The Morgan fingerprint density at radius 3 is 2.67 bits per heavy atom. The number of rotatable bonds is 7. The van der Waals surface area contributed by atoms with Crippen LogP contribution < -0.4 is 5.32 Å². The van der Waals surface area contributed by atoms with Crippen molar-refractivity contribution < 1.29 is 8.42 Å². The second-order valence-corrected chi connectivity index (χ2v) is 8.76. The number of fused-ring (bicyclic) bond motifs is 1. The van der Waals surface area contributed by atoms with Gasteiger partial charge in [0.15, 0.2) is 9.84 Å². The van der Waals surface area contributed by atoms with E-state index in [-0.39, 0.29) is 11.3 Å². The highest BCUT2D eigenvalue weighted by Gasteiger charge is 2.40. The standard InChI is InChI=1S/C17H27NO2S/c1-4-10-18-17-15-8-6-5-7-14(15)12-16(17)21(19,20)11-9-13(2)3/h5-8,13,16-18H,4,9-12H2,1-3H3. The number of hydrogen-bond acceptors (Lipinski definition) is 3. The summed E-state index contributed by atoms with van der Waals surface area (Å²) in [6.45, 7) is 7.11. The molecule has 4 heteroatoms. The number of sulfone groups is 1. The molecule has 2 atom stereocenters. The van der Waals surface area contributed by atoms with Gasteiger partial charge < -0.3 is 5.32 Å². The molecule has 0 amide bonds. The van der Waals surface area contributed by atoms with Gasteiger partial charge in [-0.25, -0.2) is 8.42 Å². The van der Waals surface area contributed by atoms with Crippen molar-refractivity contribution in [3.05, 3.63) is 35.4 Å². The lowest BCUT2D eigenvalue weighted by atomic mass is 10.1. The van der Waals surface area contributed by atoms with Gasteiger partial charge in [-0.3, -0.25) is 0 Å². The maximum absolute atomic E-state index is 12.7. The molecule has 1 aromatic carbocycles. The third kappa shape index (κ3) is 3.86. The molecule has 0 aromatic heterocycles. The van der Waals surface area contributed by atoms with Crippen molar-refractivity contribution in [1.82, 2.24) is 5.32 Å². The van der Waals surface area contributed by atoms with Crippen LogP contribution in [0.1, 0.15) is 50.8 Å². The van der Waals surface area contributed by atoms with Gasteiger partial charge in [0.05, 0.1) is 11.0 Å². The molecule has 1 aromatic rings. The second kappa shape index (κ2) is 6.93. The molecule has 2 rings (SSSR count). The lowest BCUT2D eigenvalue weighted by molar-refractivity contribution is 0.500. The summed E-state index contributed by atoms with van der Waals surface area (Å²) in [6.07, 6.45) is 2.41. The highest BCUT2D eigenvalue weighted by atomic mass is 32.2. The van der Waals surface area contributed by atoms with Crippen molar-refractivity contribution >= 4 is 9.84 Å². The van der Waals surface area contributed by atoms with E-state index in [1.54, 1.807) is 0 Å². The molecular weight excluding hydrogens is 282 g/mol. The van der Waals surface area contributed by atoms with Crippen molar-refractivity contribution in [2.75, 3.05) is 12.3 Å². The smallest absolute Gasteiger partial charge is 0.155 e. The molecule has 0 fully saturated rings. The Morgan fingerprint density at radius 2 is 2.00 bits per heavy atom. The Kier molecular flexibility index (Phi) is 5.44. The first-order chi connectivity index (χ1) is 9.95. The lowest BCUT2D eigenvalue weighted by Crippen LogP contribution is -2.36. The Balaban J connectivity index is 2.22.